The molecule has 0 atom stereocenters. The second-order valence-electron chi connectivity index (χ2n) is 8.28. The number of carbonyl (C=O) groups excluding carboxylic acids is 1. The van der Waals surface area contributed by atoms with Gasteiger partial charge in [-0.15, -0.1) is 0 Å². The zero-order chi connectivity index (χ0) is 22.1. The van der Waals surface area contributed by atoms with E-state index in [0.717, 1.165) is 45.8 Å². The molecule has 0 bridgehead atoms. The Morgan fingerprint density at radius 3 is 1.70 bits per heavy atom. The molecule has 170 valence electrons. The number of esters is 1. The van der Waals surface area contributed by atoms with Crippen molar-refractivity contribution >= 4 is 69.7 Å². The van der Waals surface area contributed by atoms with Crippen molar-refractivity contribution < 1.29 is 9.53 Å². The number of ether oxygens (including phenoxy) is 1. The smallest absolute Gasteiger partial charge is 0.341 e. The summed E-state index contributed by atoms with van der Waals surface area (Å²) in [7, 11) is 0. The number of unbranched alkanes of at least 4 members (excludes halogenated alkanes) is 10. The third-order valence-corrected chi connectivity index (χ3v) is 9.19. The second kappa shape index (κ2) is 13.3. The van der Waals surface area contributed by atoms with Gasteiger partial charge in [-0.1, -0.05) is 78.1 Å². The summed E-state index contributed by atoms with van der Waals surface area (Å²) in [5, 5.41) is 0. The lowest BCUT2D eigenvalue weighted by Gasteiger charge is -2.20. The van der Waals surface area contributed by atoms with Crippen LogP contribution in [0.1, 0.15) is 118 Å². The van der Waals surface area contributed by atoms with Gasteiger partial charge >= 0.3 is 5.97 Å². The first-order valence-electron chi connectivity index (χ1n) is 11.5. The van der Waals surface area contributed by atoms with Gasteiger partial charge in [0.05, 0.1) is 5.56 Å². The van der Waals surface area contributed by atoms with Crippen molar-refractivity contribution in [3.05, 3.63) is 31.2 Å². The highest BCUT2D eigenvalue weighted by atomic mass is 79.9. The highest BCUT2D eigenvalue weighted by Gasteiger charge is 2.46. The molecule has 1 heterocycles. The summed E-state index contributed by atoms with van der Waals surface area (Å²) in [5.74, 6) is -0.239. The maximum absolute atomic E-state index is 12.8. The Balaban J connectivity index is 2.22. The molecule has 0 N–H and O–H groups in total. The molecule has 1 aromatic carbocycles. The van der Waals surface area contributed by atoms with Crippen LogP contribution in [0.25, 0.3) is 0 Å². The third kappa shape index (κ3) is 7.05. The average molecular weight is 674 g/mol. The minimum atomic E-state index is -0.956. The van der Waals surface area contributed by atoms with Crippen molar-refractivity contribution in [2.75, 3.05) is 0 Å². The minimum Gasteiger partial charge on any atom is -0.429 e. The molecule has 2 nitrogen and oxygen atoms in total. The van der Waals surface area contributed by atoms with Gasteiger partial charge in [0, 0.05) is 14.5 Å². The molecule has 0 radical (unpaired) electrons. The lowest BCUT2D eigenvalue weighted by atomic mass is 9.90. The second-order valence-corrected chi connectivity index (χ2v) is 13.2. The highest BCUT2D eigenvalue weighted by molar-refractivity contribution is 9.24. The van der Waals surface area contributed by atoms with Crippen molar-refractivity contribution in [2.24, 2.45) is 0 Å². The lowest BCUT2D eigenvalue weighted by Crippen LogP contribution is -2.09. The number of alkyl halides is 2. The van der Waals surface area contributed by atoms with E-state index in [1.54, 1.807) is 0 Å². The van der Waals surface area contributed by atoms with Crippen LogP contribution in [0.15, 0.2) is 8.95 Å². The summed E-state index contributed by atoms with van der Waals surface area (Å²) in [5.41, 5.74) is 4.05. The molecular weight excluding hydrogens is 640 g/mol. The van der Waals surface area contributed by atoms with E-state index in [9.17, 15) is 4.79 Å². The number of rotatable bonds is 14. The first-order valence-corrected chi connectivity index (χ1v) is 14.7. The molecule has 6 heteroatoms. The number of cyclic esters (lactones) is 1. The van der Waals surface area contributed by atoms with Gasteiger partial charge in [-0.2, -0.15) is 0 Å². The van der Waals surface area contributed by atoms with Crippen LogP contribution in [0.4, 0.5) is 0 Å². The average Bonchev–Trinajstić information content (AvgIpc) is 2.94. The first kappa shape index (κ1) is 26.9. The van der Waals surface area contributed by atoms with Crippen molar-refractivity contribution in [1.82, 2.24) is 0 Å². The number of halogens is 4. The van der Waals surface area contributed by atoms with E-state index in [4.69, 9.17) is 4.74 Å². The van der Waals surface area contributed by atoms with Crippen LogP contribution in [0.2, 0.25) is 0 Å². The molecular formula is C24H34Br4O2. The van der Waals surface area contributed by atoms with Crippen LogP contribution in [0, 0.1) is 0 Å². The van der Waals surface area contributed by atoms with Gasteiger partial charge in [-0.3, -0.25) is 0 Å². The quantitative estimate of drug-likeness (QED) is 0.112. The summed E-state index contributed by atoms with van der Waals surface area (Å²) in [4.78, 5) is 12.8. The largest absolute Gasteiger partial charge is 0.429 e. The fraction of sp³-hybridized carbons (Fsp3) is 0.708. The highest BCUT2D eigenvalue weighted by Crippen LogP contribution is 2.53. The topological polar surface area (TPSA) is 26.3 Å². The van der Waals surface area contributed by atoms with Gasteiger partial charge in [0.25, 0.3) is 0 Å². The van der Waals surface area contributed by atoms with Crippen LogP contribution in [-0.4, -0.2) is 5.97 Å². The Hall–Kier alpha value is 0.610. The van der Waals surface area contributed by atoms with Crippen molar-refractivity contribution in [1.29, 1.82) is 0 Å². The van der Waals surface area contributed by atoms with Gasteiger partial charge in [-0.05, 0) is 101 Å². The van der Waals surface area contributed by atoms with E-state index in [1.165, 1.54) is 75.3 Å². The molecule has 1 aliphatic heterocycles. The molecule has 1 aromatic rings. The predicted molar refractivity (Wildman–Crippen MR) is 141 cm³/mol. The molecule has 0 saturated heterocycles. The molecule has 2 rings (SSSR count). The van der Waals surface area contributed by atoms with Crippen LogP contribution < -0.4 is 0 Å². The number of carbonyl (C=O) groups is 1. The SMILES string of the molecule is CCCCCCCCc1c(Br)c(Br)c2c(c1CCCCCCCC)C(=O)OC2(Br)Br. The van der Waals surface area contributed by atoms with Gasteiger partial charge in [0.2, 0.25) is 3.42 Å². The molecule has 30 heavy (non-hydrogen) atoms. The van der Waals surface area contributed by atoms with Gasteiger partial charge in [-0.25, -0.2) is 4.79 Å². The van der Waals surface area contributed by atoms with E-state index >= 15 is 0 Å². The fourth-order valence-electron chi connectivity index (χ4n) is 4.20. The summed E-state index contributed by atoms with van der Waals surface area (Å²) in [6.07, 6.45) is 17.0. The minimum absolute atomic E-state index is 0.239. The molecule has 1 aliphatic rings. The predicted octanol–water partition coefficient (Wildman–Crippen LogP) is 10.1. The number of benzene rings is 1. The van der Waals surface area contributed by atoms with E-state index < -0.39 is 3.42 Å². The van der Waals surface area contributed by atoms with Crippen molar-refractivity contribution in [2.45, 2.75) is 107 Å². The third-order valence-electron chi connectivity index (χ3n) is 5.87. The molecule has 0 saturated carbocycles. The fourth-order valence-corrected chi connectivity index (χ4v) is 7.18. The van der Waals surface area contributed by atoms with Crippen LogP contribution in [-0.2, 0) is 21.0 Å². The summed E-state index contributed by atoms with van der Waals surface area (Å²) < 4.78 is 6.64. The van der Waals surface area contributed by atoms with Crippen LogP contribution in [0.3, 0.4) is 0 Å². The molecule has 0 aliphatic carbocycles. The Kier molecular flexibility index (Phi) is 12.0. The first-order chi connectivity index (χ1) is 14.3. The number of fused-ring (bicyclic) bond motifs is 1. The summed E-state index contributed by atoms with van der Waals surface area (Å²) in [6.45, 7) is 4.50. The molecule has 0 aromatic heterocycles. The molecule has 0 fully saturated rings. The van der Waals surface area contributed by atoms with Crippen LogP contribution in [0.5, 0.6) is 0 Å². The maximum Gasteiger partial charge on any atom is 0.341 e. The monoisotopic (exact) mass is 670 g/mol. The Bertz CT molecular complexity index is 716. The van der Waals surface area contributed by atoms with Crippen molar-refractivity contribution in [3.63, 3.8) is 0 Å². The number of hydrogen-bond donors (Lipinski definition) is 0. The van der Waals surface area contributed by atoms with Gasteiger partial charge < -0.3 is 4.74 Å². The zero-order valence-corrected chi connectivity index (χ0v) is 24.6. The number of hydrogen-bond acceptors (Lipinski definition) is 2. The van der Waals surface area contributed by atoms with Gasteiger partial charge in [0.15, 0.2) is 0 Å². The molecule has 0 amide bonds. The Morgan fingerprint density at radius 1 is 0.700 bits per heavy atom. The Labute approximate surface area is 216 Å². The van der Waals surface area contributed by atoms with E-state index in [1.807, 2.05) is 0 Å². The van der Waals surface area contributed by atoms with E-state index in [-0.39, 0.29) is 5.97 Å². The molecule has 0 spiro atoms. The Morgan fingerprint density at radius 2 is 1.17 bits per heavy atom. The molecule has 0 unspecified atom stereocenters. The maximum atomic E-state index is 12.8. The standard InChI is InChI=1S/C24H34Br4O2/c1-3-5-7-9-11-13-15-17-18(16-14-12-10-8-6-4-2)21(25)22(26)20-19(17)23(29)30-24(20,27)28/h3-16H2,1-2H3. The zero-order valence-electron chi connectivity index (χ0n) is 18.2. The summed E-state index contributed by atoms with van der Waals surface area (Å²) >= 11 is 14.7. The summed E-state index contributed by atoms with van der Waals surface area (Å²) in [6, 6.07) is 0. The normalized spacial score (nSPS) is 14.8. The van der Waals surface area contributed by atoms with E-state index in [2.05, 4.69) is 77.6 Å². The lowest BCUT2D eigenvalue weighted by molar-refractivity contribution is 0.0492. The van der Waals surface area contributed by atoms with Crippen LogP contribution >= 0.6 is 63.7 Å². The van der Waals surface area contributed by atoms with Gasteiger partial charge in [0.1, 0.15) is 0 Å². The van der Waals surface area contributed by atoms with Crippen molar-refractivity contribution in [3.8, 4) is 0 Å². The van der Waals surface area contributed by atoms with E-state index in [0.29, 0.717) is 0 Å².